The van der Waals surface area contributed by atoms with Crippen molar-refractivity contribution in [1.82, 2.24) is 10.2 Å². The third kappa shape index (κ3) is 4.13. The third-order valence-corrected chi connectivity index (χ3v) is 3.52. The summed E-state index contributed by atoms with van der Waals surface area (Å²) in [6.07, 6.45) is -2.56. The molecule has 23 heavy (non-hydrogen) atoms. The molecule has 2 atom stereocenters. The van der Waals surface area contributed by atoms with Gasteiger partial charge in [0, 0.05) is 0 Å². The zero-order chi connectivity index (χ0) is 17.0. The summed E-state index contributed by atoms with van der Waals surface area (Å²) in [5.41, 5.74) is 0.787. The van der Waals surface area contributed by atoms with E-state index in [1.807, 2.05) is 6.07 Å². The number of aliphatic hydroxyl groups is 2. The van der Waals surface area contributed by atoms with E-state index in [0.717, 1.165) is 10.5 Å². The van der Waals surface area contributed by atoms with Crippen LogP contribution < -0.4 is 5.32 Å². The number of hydrogen-bond donors (Lipinski definition) is 3. The molecule has 0 bridgehead atoms. The molecule has 1 saturated heterocycles. The van der Waals surface area contributed by atoms with E-state index in [1.54, 1.807) is 24.3 Å². The zero-order valence-electron chi connectivity index (χ0n) is 12.5. The molecule has 1 aliphatic rings. The van der Waals surface area contributed by atoms with Crippen LogP contribution in [-0.4, -0.2) is 52.1 Å². The lowest BCUT2D eigenvalue weighted by atomic mass is 9.96. The van der Waals surface area contributed by atoms with Crippen LogP contribution in [0.1, 0.15) is 12.5 Å². The summed E-state index contributed by atoms with van der Waals surface area (Å²) in [5, 5.41) is 20.0. The fraction of sp³-hybridized carbons (Fsp3) is 0.400. The van der Waals surface area contributed by atoms with Gasteiger partial charge in [0.1, 0.15) is 18.8 Å². The first kappa shape index (κ1) is 17.1. The molecule has 1 fully saturated rings. The fourth-order valence-electron chi connectivity index (χ4n) is 2.09. The second kappa shape index (κ2) is 7.32. The molecule has 4 amide bonds. The summed E-state index contributed by atoms with van der Waals surface area (Å²) < 4.78 is 5.05. The Morgan fingerprint density at radius 2 is 1.87 bits per heavy atom. The van der Waals surface area contributed by atoms with Crippen LogP contribution in [0.25, 0.3) is 0 Å². The van der Waals surface area contributed by atoms with Crippen LogP contribution in [0.2, 0.25) is 0 Å². The van der Waals surface area contributed by atoms with Gasteiger partial charge in [0.15, 0.2) is 6.29 Å². The lowest BCUT2D eigenvalue weighted by molar-refractivity contribution is -0.164. The first-order valence-corrected chi connectivity index (χ1v) is 7.08. The number of urea groups is 1. The number of barbiturate groups is 1. The number of carbonyl (C=O) groups is 3. The summed E-state index contributed by atoms with van der Waals surface area (Å²) in [6.45, 7) is 0.908. The van der Waals surface area contributed by atoms with Crippen LogP contribution in [0.5, 0.6) is 0 Å². The molecule has 0 aliphatic carbocycles. The van der Waals surface area contributed by atoms with Crippen LogP contribution in [0.4, 0.5) is 4.79 Å². The van der Waals surface area contributed by atoms with Gasteiger partial charge in [-0.1, -0.05) is 30.3 Å². The average Bonchev–Trinajstić information content (AvgIpc) is 2.51. The molecule has 3 N–H and O–H groups in total. The van der Waals surface area contributed by atoms with E-state index in [-0.39, 0.29) is 6.42 Å². The van der Waals surface area contributed by atoms with Crippen molar-refractivity contribution in [3.8, 4) is 0 Å². The lowest BCUT2D eigenvalue weighted by Gasteiger charge is -2.30. The Morgan fingerprint density at radius 3 is 2.48 bits per heavy atom. The van der Waals surface area contributed by atoms with Crippen LogP contribution in [-0.2, 0) is 20.7 Å². The first-order valence-electron chi connectivity index (χ1n) is 7.08. The van der Waals surface area contributed by atoms with E-state index in [9.17, 15) is 14.4 Å². The number of hydrogen-bond acceptors (Lipinski definition) is 6. The highest BCUT2D eigenvalue weighted by Crippen LogP contribution is 2.17. The fourth-order valence-corrected chi connectivity index (χ4v) is 2.09. The maximum atomic E-state index is 12.4. The van der Waals surface area contributed by atoms with Gasteiger partial charge in [-0.25, -0.2) is 9.69 Å². The topological polar surface area (TPSA) is 116 Å². The largest absolute Gasteiger partial charge is 0.366 e. The van der Waals surface area contributed by atoms with Crippen molar-refractivity contribution in [2.45, 2.75) is 25.7 Å². The molecule has 2 unspecified atom stereocenters. The molecule has 0 spiro atoms. The second-order valence-corrected chi connectivity index (χ2v) is 5.22. The van der Waals surface area contributed by atoms with E-state index in [0.29, 0.717) is 0 Å². The summed E-state index contributed by atoms with van der Waals surface area (Å²) in [4.78, 5) is 36.8. The Bertz CT molecular complexity index is 589. The number of rotatable bonds is 6. The first-order chi connectivity index (χ1) is 10.9. The normalized spacial score (nSPS) is 19.9. The molecule has 1 aliphatic heterocycles. The van der Waals surface area contributed by atoms with Crippen molar-refractivity contribution in [2.24, 2.45) is 5.92 Å². The molecule has 8 heteroatoms. The number of amides is 4. The minimum Gasteiger partial charge on any atom is -0.366 e. The van der Waals surface area contributed by atoms with Crippen LogP contribution in [0.3, 0.4) is 0 Å². The van der Waals surface area contributed by atoms with E-state index in [4.69, 9.17) is 14.9 Å². The summed E-state index contributed by atoms with van der Waals surface area (Å²) in [6, 6.07) is 8.07. The van der Waals surface area contributed by atoms with Gasteiger partial charge in [-0.05, 0) is 18.9 Å². The van der Waals surface area contributed by atoms with Crippen molar-refractivity contribution in [3.05, 3.63) is 35.9 Å². The summed E-state index contributed by atoms with van der Waals surface area (Å²) >= 11 is 0. The smallest absolute Gasteiger partial charge is 0.332 e. The van der Waals surface area contributed by atoms with E-state index >= 15 is 0 Å². The Labute approximate surface area is 132 Å². The van der Waals surface area contributed by atoms with E-state index < -0.39 is 42.9 Å². The lowest BCUT2D eigenvalue weighted by Crippen LogP contribution is -2.59. The maximum Gasteiger partial charge on any atom is 0.332 e. The summed E-state index contributed by atoms with van der Waals surface area (Å²) in [5.74, 6) is -2.37. The summed E-state index contributed by atoms with van der Waals surface area (Å²) in [7, 11) is 0. The number of aliphatic hydroxyl groups excluding tert-OH is 1. The minimum atomic E-state index is -1.74. The number of benzene rings is 1. The molecule has 1 heterocycles. The van der Waals surface area contributed by atoms with Gasteiger partial charge in [-0.2, -0.15) is 0 Å². The van der Waals surface area contributed by atoms with Crippen molar-refractivity contribution >= 4 is 17.8 Å². The van der Waals surface area contributed by atoms with Crippen molar-refractivity contribution < 1.29 is 29.3 Å². The van der Waals surface area contributed by atoms with Crippen molar-refractivity contribution in [2.75, 3.05) is 6.73 Å². The number of carbonyl (C=O) groups excluding carboxylic acids is 3. The molecule has 1 aromatic carbocycles. The second-order valence-electron chi connectivity index (χ2n) is 5.22. The molecule has 0 aromatic heterocycles. The van der Waals surface area contributed by atoms with E-state index in [2.05, 4.69) is 5.32 Å². The number of nitrogens with one attached hydrogen (secondary N) is 1. The standard InChI is InChI=1S/C15H18N2O6/c1-9(14(20)21)23-8-17-13(19)11(12(18)16-15(17)22)7-10-5-3-2-4-6-10/h2-6,9,11,14,20-21H,7-8H2,1H3,(H,16,18,22). The zero-order valence-corrected chi connectivity index (χ0v) is 12.5. The Hall–Kier alpha value is -2.29. The monoisotopic (exact) mass is 322 g/mol. The predicted octanol–water partition coefficient (Wildman–Crippen LogP) is -0.403. The number of nitrogens with zero attached hydrogens (tertiary/aromatic N) is 1. The molecule has 124 valence electrons. The Morgan fingerprint density at radius 1 is 1.22 bits per heavy atom. The molecular formula is C15H18N2O6. The molecule has 0 saturated carbocycles. The predicted molar refractivity (Wildman–Crippen MR) is 77.7 cm³/mol. The van der Waals surface area contributed by atoms with Gasteiger partial charge < -0.3 is 14.9 Å². The molecular weight excluding hydrogens is 304 g/mol. The van der Waals surface area contributed by atoms with Gasteiger partial charge in [-0.3, -0.25) is 14.9 Å². The van der Waals surface area contributed by atoms with Crippen LogP contribution in [0.15, 0.2) is 30.3 Å². The highest BCUT2D eigenvalue weighted by atomic mass is 16.6. The molecule has 2 rings (SSSR count). The molecule has 8 nitrogen and oxygen atoms in total. The number of ether oxygens (including phenoxy) is 1. The molecule has 1 aromatic rings. The van der Waals surface area contributed by atoms with Gasteiger partial charge in [-0.15, -0.1) is 0 Å². The highest BCUT2D eigenvalue weighted by Gasteiger charge is 2.40. The van der Waals surface area contributed by atoms with Crippen LogP contribution in [0, 0.1) is 5.92 Å². The molecule has 0 radical (unpaired) electrons. The minimum absolute atomic E-state index is 0.160. The van der Waals surface area contributed by atoms with E-state index in [1.165, 1.54) is 6.92 Å². The van der Waals surface area contributed by atoms with Crippen LogP contribution >= 0.6 is 0 Å². The van der Waals surface area contributed by atoms with Crippen molar-refractivity contribution in [3.63, 3.8) is 0 Å². The Kier molecular flexibility index (Phi) is 5.43. The van der Waals surface area contributed by atoms with Gasteiger partial charge >= 0.3 is 6.03 Å². The highest BCUT2D eigenvalue weighted by molar-refractivity contribution is 6.16. The maximum absolute atomic E-state index is 12.4. The number of imide groups is 2. The van der Waals surface area contributed by atoms with Gasteiger partial charge in [0.05, 0.1) is 0 Å². The quantitative estimate of drug-likeness (QED) is 0.485. The van der Waals surface area contributed by atoms with Crippen molar-refractivity contribution in [1.29, 1.82) is 0 Å². The average molecular weight is 322 g/mol. The SMILES string of the molecule is CC(OCN1C(=O)NC(=O)C(Cc2ccccc2)C1=O)C(O)O. The Balaban J connectivity index is 2.07. The van der Waals surface area contributed by atoms with Gasteiger partial charge in [0.25, 0.3) is 0 Å². The third-order valence-electron chi connectivity index (χ3n) is 3.52. The van der Waals surface area contributed by atoms with Gasteiger partial charge in [0.2, 0.25) is 11.8 Å².